The fourth-order valence-electron chi connectivity index (χ4n) is 2.23. The maximum atomic E-state index is 11.9. The lowest BCUT2D eigenvalue weighted by molar-refractivity contribution is 0.686. The molecule has 3 rings (SSSR count). The summed E-state index contributed by atoms with van der Waals surface area (Å²) in [5, 5.41) is 11.6. The number of nitrogens with zero attached hydrogens (tertiary/aromatic N) is 3. The van der Waals surface area contributed by atoms with E-state index in [-0.39, 0.29) is 5.56 Å². The van der Waals surface area contributed by atoms with Gasteiger partial charge in [0.25, 0.3) is 5.56 Å². The number of aromatic amines is 2. The zero-order chi connectivity index (χ0) is 16.4. The van der Waals surface area contributed by atoms with Gasteiger partial charge in [0.05, 0.1) is 9.90 Å². The monoisotopic (exact) mass is 349 g/mol. The minimum absolute atomic E-state index is 0.361. The van der Waals surface area contributed by atoms with Gasteiger partial charge in [0.15, 0.2) is 11.0 Å². The van der Waals surface area contributed by atoms with Gasteiger partial charge in [-0.05, 0) is 36.6 Å². The number of rotatable bonds is 5. The van der Waals surface area contributed by atoms with Crippen LogP contribution in [0.25, 0.3) is 10.7 Å². The van der Waals surface area contributed by atoms with Crippen molar-refractivity contribution in [3.63, 3.8) is 0 Å². The van der Waals surface area contributed by atoms with Crippen LogP contribution in [0.3, 0.4) is 0 Å². The topological polar surface area (TPSA) is 96.4 Å². The molecule has 0 aliphatic carbocycles. The highest BCUT2D eigenvalue weighted by atomic mass is 32.2. The van der Waals surface area contributed by atoms with Gasteiger partial charge in [-0.1, -0.05) is 13.0 Å². The smallest absolute Gasteiger partial charge is 0.301 e. The maximum absolute atomic E-state index is 11.9. The van der Waals surface area contributed by atoms with E-state index in [1.54, 1.807) is 11.3 Å². The molecule has 0 radical (unpaired) electrons. The first-order valence-electron chi connectivity index (χ1n) is 7.14. The summed E-state index contributed by atoms with van der Waals surface area (Å²) in [5.41, 5.74) is -0.339. The van der Waals surface area contributed by atoms with E-state index in [0.717, 1.165) is 10.7 Å². The minimum Gasteiger partial charge on any atom is -0.301 e. The van der Waals surface area contributed by atoms with E-state index in [9.17, 15) is 9.59 Å². The van der Waals surface area contributed by atoms with Gasteiger partial charge in [-0.2, -0.15) is 0 Å². The van der Waals surface area contributed by atoms with Crippen LogP contribution in [0.2, 0.25) is 0 Å². The lowest BCUT2D eigenvalue weighted by Gasteiger charge is -2.08. The summed E-state index contributed by atoms with van der Waals surface area (Å²) in [6.45, 7) is 4.57. The number of nitrogens with one attached hydrogen (secondary N) is 2. The zero-order valence-corrected chi connectivity index (χ0v) is 14.3. The Kier molecular flexibility index (Phi) is 4.49. The Morgan fingerprint density at radius 2 is 2.09 bits per heavy atom. The van der Waals surface area contributed by atoms with E-state index < -0.39 is 5.69 Å². The summed E-state index contributed by atoms with van der Waals surface area (Å²) in [5.74, 6) is 0.787. The Bertz CT molecular complexity index is 924. The molecule has 0 aromatic carbocycles. The molecule has 0 amide bonds. The summed E-state index contributed by atoms with van der Waals surface area (Å²) in [6, 6.07) is 3.95. The first kappa shape index (κ1) is 15.8. The Hall–Kier alpha value is -2.13. The average Bonchev–Trinajstić information content (AvgIpc) is 3.15. The summed E-state index contributed by atoms with van der Waals surface area (Å²) < 4.78 is 1.97. The average molecular weight is 349 g/mol. The number of thiophene rings is 1. The summed E-state index contributed by atoms with van der Waals surface area (Å²) >= 11 is 2.85. The highest BCUT2D eigenvalue weighted by Gasteiger charge is 2.17. The maximum Gasteiger partial charge on any atom is 0.326 e. The molecule has 0 atom stereocenters. The Labute approximate surface area is 139 Å². The molecule has 9 heteroatoms. The third-order valence-corrected chi connectivity index (χ3v) is 5.23. The van der Waals surface area contributed by atoms with Gasteiger partial charge in [0.2, 0.25) is 0 Å². The van der Waals surface area contributed by atoms with E-state index in [2.05, 4.69) is 20.2 Å². The van der Waals surface area contributed by atoms with Gasteiger partial charge >= 0.3 is 5.69 Å². The van der Waals surface area contributed by atoms with Crippen molar-refractivity contribution in [1.29, 1.82) is 0 Å². The molecule has 0 unspecified atom stereocenters. The molecule has 120 valence electrons. The lowest BCUT2D eigenvalue weighted by Crippen LogP contribution is -2.26. The van der Waals surface area contributed by atoms with Crippen molar-refractivity contribution in [3.8, 4) is 10.7 Å². The van der Waals surface area contributed by atoms with Crippen LogP contribution in [-0.4, -0.2) is 24.7 Å². The quantitative estimate of drug-likeness (QED) is 0.688. The second-order valence-corrected chi connectivity index (χ2v) is 6.62. The van der Waals surface area contributed by atoms with Crippen molar-refractivity contribution >= 4 is 23.1 Å². The van der Waals surface area contributed by atoms with Crippen LogP contribution in [0.4, 0.5) is 0 Å². The fourth-order valence-corrected chi connectivity index (χ4v) is 4.04. The molecule has 3 aromatic rings. The van der Waals surface area contributed by atoms with Crippen LogP contribution in [0, 0.1) is 0 Å². The van der Waals surface area contributed by atoms with Crippen molar-refractivity contribution in [2.45, 2.75) is 37.0 Å². The van der Waals surface area contributed by atoms with Gasteiger partial charge < -0.3 is 9.55 Å². The molecule has 0 saturated heterocycles. The molecular weight excluding hydrogens is 334 g/mol. The molecule has 2 N–H and O–H groups in total. The highest BCUT2D eigenvalue weighted by molar-refractivity contribution is 7.99. The van der Waals surface area contributed by atoms with Crippen LogP contribution in [0.5, 0.6) is 0 Å². The predicted octanol–water partition coefficient (Wildman–Crippen LogP) is 2.12. The molecule has 7 nitrogen and oxygen atoms in total. The summed E-state index contributed by atoms with van der Waals surface area (Å²) in [4.78, 5) is 29.4. The van der Waals surface area contributed by atoms with E-state index >= 15 is 0 Å². The lowest BCUT2D eigenvalue weighted by atomic mass is 10.3. The van der Waals surface area contributed by atoms with Crippen LogP contribution in [-0.2, 0) is 13.0 Å². The van der Waals surface area contributed by atoms with E-state index in [1.807, 2.05) is 35.9 Å². The highest BCUT2D eigenvalue weighted by Crippen LogP contribution is 2.30. The molecule has 0 spiro atoms. The van der Waals surface area contributed by atoms with Crippen LogP contribution < -0.4 is 11.2 Å². The first-order chi connectivity index (χ1) is 11.1. The number of H-pyrrole nitrogens is 2. The number of aromatic nitrogens is 5. The first-order valence-corrected chi connectivity index (χ1v) is 8.84. The van der Waals surface area contributed by atoms with Crippen molar-refractivity contribution < 1.29 is 0 Å². The second kappa shape index (κ2) is 6.55. The molecule has 0 saturated carbocycles. The van der Waals surface area contributed by atoms with Gasteiger partial charge in [-0.15, -0.1) is 21.5 Å². The van der Waals surface area contributed by atoms with E-state index in [0.29, 0.717) is 28.7 Å². The molecular formula is C14H15N5O2S2. The fraction of sp³-hybridized carbons (Fsp3) is 0.286. The summed E-state index contributed by atoms with van der Waals surface area (Å²) in [6.07, 6.45) is 0.520. The zero-order valence-electron chi connectivity index (χ0n) is 12.6. The molecule has 3 heterocycles. The Morgan fingerprint density at radius 1 is 1.26 bits per heavy atom. The third-order valence-electron chi connectivity index (χ3n) is 3.32. The Morgan fingerprint density at radius 3 is 2.74 bits per heavy atom. The van der Waals surface area contributed by atoms with Crippen LogP contribution in [0.15, 0.2) is 37.3 Å². The van der Waals surface area contributed by atoms with Gasteiger partial charge in [0.1, 0.15) is 0 Å². The van der Waals surface area contributed by atoms with Crippen molar-refractivity contribution in [3.05, 3.63) is 43.9 Å². The predicted molar refractivity (Wildman–Crippen MR) is 90.2 cm³/mol. The number of hydrogen-bond donors (Lipinski definition) is 2. The normalized spacial score (nSPS) is 11.0. The molecule has 3 aromatic heterocycles. The van der Waals surface area contributed by atoms with Crippen LogP contribution >= 0.6 is 23.1 Å². The van der Waals surface area contributed by atoms with E-state index in [1.165, 1.54) is 11.8 Å². The summed E-state index contributed by atoms with van der Waals surface area (Å²) in [7, 11) is 0. The standard InChI is InChI=1S/C14H15N5O2S2/c1-3-8-11(20)15-13(21)16-12(8)23-14-18-17-10(19(14)4-2)9-6-5-7-22-9/h5-7H,3-4H2,1-2H3,(H2,15,16,20,21). The van der Waals surface area contributed by atoms with Gasteiger partial charge in [-0.3, -0.25) is 9.78 Å². The third kappa shape index (κ3) is 3.02. The second-order valence-electron chi connectivity index (χ2n) is 4.70. The Balaban J connectivity index is 2.05. The van der Waals surface area contributed by atoms with Gasteiger partial charge in [0, 0.05) is 12.1 Å². The van der Waals surface area contributed by atoms with E-state index in [4.69, 9.17) is 0 Å². The number of hydrogen-bond acceptors (Lipinski definition) is 6. The molecule has 0 bridgehead atoms. The molecule has 0 aliphatic rings. The SMILES string of the molecule is CCc1c(Sc2nnc(-c3cccs3)n2CC)[nH]c(=O)[nH]c1=O. The largest absolute Gasteiger partial charge is 0.326 e. The molecule has 23 heavy (non-hydrogen) atoms. The van der Waals surface area contributed by atoms with Crippen molar-refractivity contribution in [2.24, 2.45) is 0 Å². The van der Waals surface area contributed by atoms with Crippen molar-refractivity contribution in [2.75, 3.05) is 0 Å². The minimum atomic E-state index is -0.518. The van der Waals surface area contributed by atoms with Crippen molar-refractivity contribution in [1.82, 2.24) is 24.7 Å². The molecule has 0 fully saturated rings. The van der Waals surface area contributed by atoms with Gasteiger partial charge in [-0.25, -0.2) is 4.79 Å². The van der Waals surface area contributed by atoms with Crippen LogP contribution in [0.1, 0.15) is 19.4 Å². The molecule has 0 aliphatic heterocycles.